The van der Waals surface area contributed by atoms with Gasteiger partial charge in [-0.15, -0.1) is 0 Å². The van der Waals surface area contributed by atoms with Gasteiger partial charge in [-0.1, -0.05) is 39.0 Å². The van der Waals surface area contributed by atoms with Gasteiger partial charge in [0.05, 0.1) is 5.69 Å². The first kappa shape index (κ1) is 11.6. The van der Waals surface area contributed by atoms with Crippen molar-refractivity contribution >= 4 is 0 Å². The van der Waals surface area contributed by atoms with Gasteiger partial charge in [-0.3, -0.25) is 0 Å². The number of hydrogen-bond acceptors (Lipinski definition) is 2. The molecule has 1 aromatic rings. The lowest BCUT2D eigenvalue weighted by Gasteiger charge is -2.21. The molecule has 0 bridgehead atoms. The molecule has 0 radical (unpaired) electrons. The Labute approximate surface area is 97.3 Å². The number of imidazole rings is 1. The highest BCUT2D eigenvalue weighted by atomic mass is 16.3. The molecule has 0 spiro atoms. The van der Waals surface area contributed by atoms with Crippen LogP contribution in [-0.2, 0) is 19.4 Å². The van der Waals surface area contributed by atoms with E-state index < -0.39 is 0 Å². The van der Waals surface area contributed by atoms with Crippen LogP contribution in [0.4, 0.5) is 0 Å². The molecule has 1 saturated carbocycles. The molecule has 3 heteroatoms. The SMILES string of the molecule is CCc1nc(CO)[nH]c1CC1CCCCC1. The number of nitrogens with zero attached hydrogens (tertiary/aromatic N) is 1. The molecule has 1 fully saturated rings. The van der Waals surface area contributed by atoms with Crippen LogP contribution in [0.1, 0.15) is 56.2 Å². The summed E-state index contributed by atoms with van der Waals surface area (Å²) in [5, 5.41) is 9.08. The van der Waals surface area contributed by atoms with Crippen LogP contribution < -0.4 is 0 Å². The lowest BCUT2D eigenvalue weighted by Crippen LogP contribution is -2.10. The lowest BCUT2D eigenvalue weighted by atomic mass is 9.86. The molecule has 0 aromatic carbocycles. The van der Waals surface area contributed by atoms with Crippen molar-refractivity contribution in [3.05, 3.63) is 17.2 Å². The minimum absolute atomic E-state index is 0.0255. The molecule has 0 unspecified atom stereocenters. The second-order valence-corrected chi connectivity index (χ2v) is 4.83. The number of aryl methyl sites for hydroxylation is 1. The van der Waals surface area contributed by atoms with Crippen molar-refractivity contribution in [3.8, 4) is 0 Å². The molecule has 1 heterocycles. The lowest BCUT2D eigenvalue weighted by molar-refractivity contribution is 0.272. The van der Waals surface area contributed by atoms with Crippen LogP contribution in [-0.4, -0.2) is 15.1 Å². The van der Waals surface area contributed by atoms with Crippen LogP contribution in [0, 0.1) is 5.92 Å². The van der Waals surface area contributed by atoms with Crippen molar-refractivity contribution in [2.75, 3.05) is 0 Å². The summed E-state index contributed by atoms with van der Waals surface area (Å²) in [6, 6.07) is 0. The number of aliphatic hydroxyl groups is 1. The third-order valence-electron chi connectivity index (χ3n) is 3.62. The Morgan fingerprint density at radius 1 is 1.31 bits per heavy atom. The molecule has 1 aliphatic carbocycles. The standard InChI is InChI=1S/C13H22N2O/c1-2-11-12(15-13(9-16)14-11)8-10-6-4-3-5-7-10/h10,16H,2-9H2,1H3,(H,14,15). The minimum Gasteiger partial charge on any atom is -0.388 e. The van der Waals surface area contributed by atoms with Gasteiger partial charge >= 0.3 is 0 Å². The topological polar surface area (TPSA) is 48.9 Å². The van der Waals surface area contributed by atoms with E-state index in [1.807, 2.05) is 0 Å². The Hall–Kier alpha value is -0.830. The number of aromatic amines is 1. The molecule has 1 aliphatic rings. The molecular weight excluding hydrogens is 200 g/mol. The van der Waals surface area contributed by atoms with Crippen LogP contribution in [0.3, 0.4) is 0 Å². The number of aromatic nitrogens is 2. The first-order chi connectivity index (χ1) is 7.83. The maximum Gasteiger partial charge on any atom is 0.132 e. The van der Waals surface area contributed by atoms with E-state index >= 15 is 0 Å². The van der Waals surface area contributed by atoms with Crippen LogP contribution in [0.5, 0.6) is 0 Å². The van der Waals surface area contributed by atoms with Crippen LogP contribution in [0.25, 0.3) is 0 Å². The summed E-state index contributed by atoms with van der Waals surface area (Å²) < 4.78 is 0. The normalized spacial score (nSPS) is 17.9. The van der Waals surface area contributed by atoms with Crippen molar-refractivity contribution in [2.45, 2.75) is 58.5 Å². The van der Waals surface area contributed by atoms with E-state index in [9.17, 15) is 0 Å². The van der Waals surface area contributed by atoms with E-state index in [0.717, 1.165) is 30.3 Å². The van der Waals surface area contributed by atoms with E-state index in [-0.39, 0.29) is 6.61 Å². The Morgan fingerprint density at radius 3 is 2.69 bits per heavy atom. The fourth-order valence-corrected chi connectivity index (χ4v) is 2.72. The second-order valence-electron chi connectivity index (χ2n) is 4.83. The molecule has 2 N–H and O–H groups in total. The van der Waals surface area contributed by atoms with Gasteiger partial charge in [0, 0.05) is 5.69 Å². The van der Waals surface area contributed by atoms with Crippen LogP contribution >= 0.6 is 0 Å². The molecule has 0 atom stereocenters. The Morgan fingerprint density at radius 2 is 2.06 bits per heavy atom. The van der Waals surface area contributed by atoms with Gasteiger partial charge in [0.15, 0.2) is 0 Å². The Balaban J connectivity index is 2.03. The van der Waals surface area contributed by atoms with Gasteiger partial charge in [0.1, 0.15) is 12.4 Å². The fourth-order valence-electron chi connectivity index (χ4n) is 2.72. The number of nitrogens with one attached hydrogen (secondary N) is 1. The summed E-state index contributed by atoms with van der Waals surface area (Å²) >= 11 is 0. The maximum absolute atomic E-state index is 9.08. The summed E-state index contributed by atoms with van der Waals surface area (Å²) in [4.78, 5) is 7.68. The van der Waals surface area contributed by atoms with Crippen LogP contribution in [0.2, 0.25) is 0 Å². The van der Waals surface area contributed by atoms with Crippen molar-refractivity contribution < 1.29 is 5.11 Å². The minimum atomic E-state index is 0.0255. The largest absolute Gasteiger partial charge is 0.388 e. The van der Waals surface area contributed by atoms with Gasteiger partial charge in [-0.05, 0) is 18.8 Å². The number of hydrogen-bond donors (Lipinski definition) is 2. The maximum atomic E-state index is 9.08. The van der Waals surface area contributed by atoms with Gasteiger partial charge in [-0.25, -0.2) is 4.98 Å². The summed E-state index contributed by atoms with van der Waals surface area (Å²) in [5.74, 6) is 1.55. The first-order valence-electron chi connectivity index (χ1n) is 6.51. The average molecular weight is 222 g/mol. The molecule has 1 aromatic heterocycles. The highest BCUT2D eigenvalue weighted by Gasteiger charge is 2.17. The first-order valence-corrected chi connectivity index (χ1v) is 6.51. The monoisotopic (exact) mass is 222 g/mol. The molecule has 90 valence electrons. The van der Waals surface area contributed by atoms with Gasteiger partial charge in [-0.2, -0.15) is 0 Å². The Bertz CT molecular complexity index is 327. The second kappa shape index (κ2) is 5.48. The Kier molecular flexibility index (Phi) is 3.99. The summed E-state index contributed by atoms with van der Waals surface area (Å²) in [5.41, 5.74) is 2.41. The third-order valence-corrected chi connectivity index (χ3v) is 3.62. The summed E-state index contributed by atoms with van der Waals surface area (Å²) in [6.07, 6.45) is 8.96. The molecular formula is C13H22N2O. The predicted molar refractivity (Wildman–Crippen MR) is 64.2 cm³/mol. The van der Waals surface area contributed by atoms with E-state index in [4.69, 9.17) is 5.11 Å². The van der Waals surface area contributed by atoms with Crippen molar-refractivity contribution in [1.82, 2.24) is 9.97 Å². The van der Waals surface area contributed by atoms with E-state index in [0.29, 0.717) is 0 Å². The highest BCUT2D eigenvalue weighted by Crippen LogP contribution is 2.27. The zero-order chi connectivity index (χ0) is 11.4. The molecule has 0 aliphatic heterocycles. The summed E-state index contributed by atoms with van der Waals surface area (Å²) in [6.45, 7) is 2.15. The van der Waals surface area contributed by atoms with Gasteiger partial charge in [0.25, 0.3) is 0 Å². The highest BCUT2D eigenvalue weighted by molar-refractivity contribution is 5.15. The molecule has 3 nitrogen and oxygen atoms in total. The van der Waals surface area contributed by atoms with Gasteiger partial charge in [0.2, 0.25) is 0 Å². The van der Waals surface area contributed by atoms with E-state index in [2.05, 4.69) is 16.9 Å². The predicted octanol–water partition coefficient (Wildman–Crippen LogP) is 2.59. The van der Waals surface area contributed by atoms with Crippen molar-refractivity contribution in [3.63, 3.8) is 0 Å². The number of aliphatic hydroxyl groups excluding tert-OH is 1. The van der Waals surface area contributed by atoms with E-state index in [1.54, 1.807) is 0 Å². The fraction of sp³-hybridized carbons (Fsp3) is 0.769. The average Bonchev–Trinajstić information content (AvgIpc) is 2.73. The van der Waals surface area contributed by atoms with Crippen molar-refractivity contribution in [1.29, 1.82) is 0 Å². The molecule has 2 rings (SSSR count). The third kappa shape index (κ3) is 2.64. The van der Waals surface area contributed by atoms with Crippen LogP contribution in [0.15, 0.2) is 0 Å². The zero-order valence-corrected chi connectivity index (χ0v) is 10.1. The summed E-state index contributed by atoms with van der Waals surface area (Å²) in [7, 11) is 0. The molecule has 0 amide bonds. The quantitative estimate of drug-likeness (QED) is 0.822. The van der Waals surface area contributed by atoms with E-state index in [1.165, 1.54) is 37.8 Å². The molecule has 0 saturated heterocycles. The molecule has 16 heavy (non-hydrogen) atoms. The number of rotatable bonds is 4. The van der Waals surface area contributed by atoms with Crippen molar-refractivity contribution in [2.24, 2.45) is 5.92 Å². The smallest absolute Gasteiger partial charge is 0.132 e. The zero-order valence-electron chi connectivity index (χ0n) is 10.1. The van der Waals surface area contributed by atoms with Gasteiger partial charge < -0.3 is 10.1 Å². The number of H-pyrrole nitrogens is 1.